The number of aromatic nitrogens is 1. The van der Waals surface area contributed by atoms with Gasteiger partial charge in [-0.05, 0) is 84.9 Å². The lowest BCUT2D eigenvalue weighted by atomic mass is 10.1. The van der Waals surface area contributed by atoms with Crippen LogP contribution in [0.5, 0.6) is 23.0 Å². The Labute approximate surface area is 231 Å². The molecule has 7 nitrogen and oxygen atoms in total. The number of pyridine rings is 1. The van der Waals surface area contributed by atoms with Crippen molar-refractivity contribution in [2.45, 2.75) is 0 Å². The second-order valence-corrected chi connectivity index (χ2v) is 8.70. The third-order valence-corrected chi connectivity index (χ3v) is 6.06. The Morgan fingerprint density at radius 1 is 0.500 bits per heavy atom. The molecule has 198 valence electrons. The molecular formula is C33H25NO6. The first kappa shape index (κ1) is 26.2. The van der Waals surface area contributed by atoms with E-state index in [4.69, 9.17) is 23.9 Å². The van der Waals surface area contributed by atoms with Crippen LogP contribution in [0.2, 0.25) is 0 Å². The Morgan fingerprint density at radius 3 is 1.60 bits per heavy atom. The molecule has 0 atom stereocenters. The van der Waals surface area contributed by atoms with Gasteiger partial charge in [-0.3, -0.25) is 0 Å². The second-order valence-electron chi connectivity index (χ2n) is 8.70. The van der Waals surface area contributed by atoms with E-state index in [0.29, 0.717) is 39.8 Å². The molecule has 1 heterocycles. The van der Waals surface area contributed by atoms with Crippen LogP contribution in [0.3, 0.4) is 0 Å². The molecule has 5 aromatic rings. The predicted molar refractivity (Wildman–Crippen MR) is 151 cm³/mol. The van der Waals surface area contributed by atoms with E-state index >= 15 is 0 Å². The highest BCUT2D eigenvalue weighted by Crippen LogP contribution is 2.27. The summed E-state index contributed by atoms with van der Waals surface area (Å²) in [6.07, 6.45) is 0. The summed E-state index contributed by atoms with van der Waals surface area (Å²) in [5, 5.41) is 0. The van der Waals surface area contributed by atoms with E-state index < -0.39 is 11.9 Å². The van der Waals surface area contributed by atoms with Gasteiger partial charge >= 0.3 is 11.9 Å². The average Bonchev–Trinajstić information content (AvgIpc) is 3.01. The lowest BCUT2D eigenvalue weighted by molar-refractivity contribution is 0.0725. The zero-order valence-electron chi connectivity index (χ0n) is 21.9. The highest BCUT2D eigenvalue weighted by atomic mass is 16.5. The summed E-state index contributed by atoms with van der Waals surface area (Å²) in [4.78, 5) is 30.0. The Hall–Kier alpha value is -5.43. The van der Waals surface area contributed by atoms with Crippen LogP contribution < -0.4 is 18.9 Å². The Kier molecular flexibility index (Phi) is 7.83. The summed E-state index contributed by atoms with van der Waals surface area (Å²) in [6.45, 7) is 0. The number of hydrogen-bond acceptors (Lipinski definition) is 7. The molecular weight excluding hydrogens is 506 g/mol. The minimum absolute atomic E-state index is 0.391. The molecule has 0 radical (unpaired) electrons. The standard InChI is InChI=1S/C33H25NO6/c1-37-27-10-4-8-24(20-27)32(35)39-26-17-15-22(16-18-26)30-13-6-14-31(34-30)23-7-3-12-29(19-23)40-33(36)25-9-5-11-28(21-25)38-2/h3-21H,1-2H3. The maximum atomic E-state index is 12.6. The molecule has 0 spiro atoms. The molecule has 0 aliphatic rings. The third kappa shape index (κ3) is 6.16. The summed E-state index contributed by atoms with van der Waals surface area (Å²) in [6, 6.07) is 33.6. The normalized spacial score (nSPS) is 10.4. The zero-order valence-corrected chi connectivity index (χ0v) is 21.9. The minimum Gasteiger partial charge on any atom is -0.497 e. The van der Waals surface area contributed by atoms with Crippen LogP contribution in [0.1, 0.15) is 20.7 Å². The first-order valence-electron chi connectivity index (χ1n) is 12.4. The van der Waals surface area contributed by atoms with E-state index in [9.17, 15) is 9.59 Å². The monoisotopic (exact) mass is 531 g/mol. The second kappa shape index (κ2) is 12.0. The summed E-state index contributed by atoms with van der Waals surface area (Å²) in [5.74, 6) is 1.02. The Bertz CT molecular complexity index is 1660. The van der Waals surface area contributed by atoms with Crippen LogP contribution in [0.15, 0.2) is 115 Å². The molecule has 7 heteroatoms. The van der Waals surface area contributed by atoms with Crippen molar-refractivity contribution in [2.75, 3.05) is 14.2 Å². The van der Waals surface area contributed by atoms with E-state index in [1.165, 1.54) is 0 Å². The SMILES string of the molecule is COc1cccc(C(=O)Oc2ccc(-c3cccc(-c4cccc(OC(=O)c5cccc(OC)c5)c4)n3)cc2)c1. The van der Waals surface area contributed by atoms with Gasteiger partial charge < -0.3 is 18.9 Å². The van der Waals surface area contributed by atoms with Crippen molar-refractivity contribution in [3.63, 3.8) is 0 Å². The van der Waals surface area contributed by atoms with Gasteiger partial charge in [0.2, 0.25) is 0 Å². The van der Waals surface area contributed by atoms with Crippen LogP contribution in [0, 0.1) is 0 Å². The fourth-order valence-electron chi connectivity index (χ4n) is 4.00. The number of nitrogens with zero attached hydrogens (tertiary/aromatic N) is 1. The van der Waals surface area contributed by atoms with Gasteiger partial charge in [-0.15, -0.1) is 0 Å². The van der Waals surface area contributed by atoms with E-state index in [2.05, 4.69) is 0 Å². The van der Waals surface area contributed by atoms with E-state index in [-0.39, 0.29) is 0 Å². The van der Waals surface area contributed by atoms with Gasteiger partial charge in [-0.2, -0.15) is 0 Å². The molecule has 1 aromatic heterocycles. The van der Waals surface area contributed by atoms with Crippen LogP contribution in [-0.2, 0) is 0 Å². The van der Waals surface area contributed by atoms with Crippen molar-refractivity contribution in [3.8, 4) is 45.5 Å². The summed E-state index contributed by atoms with van der Waals surface area (Å²) >= 11 is 0. The van der Waals surface area contributed by atoms with E-state index in [1.807, 2.05) is 42.5 Å². The molecule has 0 bridgehead atoms. The Morgan fingerprint density at radius 2 is 1.00 bits per heavy atom. The molecule has 0 fully saturated rings. The zero-order chi connectivity index (χ0) is 27.9. The molecule has 0 aliphatic carbocycles. The van der Waals surface area contributed by atoms with E-state index in [1.54, 1.807) is 87.0 Å². The van der Waals surface area contributed by atoms with Crippen molar-refractivity contribution in [1.82, 2.24) is 4.98 Å². The third-order valence-electron chi connectivity index (χ3n) is 6.06. The smallest absolute Gasteiger partial charge is 0.343 e. The van der Waals surface area contributed by atoms with Crippen LogP contribution in [0.4, 0.5) is 0 Å². The minimum atomic E-state index is -0.482. The topological polar surface area (TPSA) is 84.0 Å². The van der Waals surface area contributed by atoms with Crippen molar-refractivity contribution in [2.24, 2.45) is 0 Å². The van der Waals surface area contributed by atoms with Gasteiger partial charge in [0, 0.05) is 11.1 Å². The molecule has 0 saturated carbocycles. The fourth-order valence-corrected chi connectivity index (χ4v) is 4.00. The largest absolute Gasteiger partial charge is 0.497 e. The molecule has 0 unspecified atom stereocenters. The van der Waals surface area contributed by atoms with Gasteiger partial charge in [0.15, 0.2) is 0 Å². The number of ether oxygens (including phenoxy) is 4. The molecule has 40 heavy (non-hydrogen) atoms. The molecule has 5 rings (SSSR count). The molecule has 0 amide bonds. The molecule has 0 aliphatic heterocycles. The van der Waals surface area contributed by atoms with Gasteiger partial charge in [0.05, 0.1) is 36.7 Å². The van der Waals surface area contributed by atoms with Crippen LogP contribution >= 0.6 is 0 Å². The van der Waals surface area contributed by atoms with Crippen LogP contribution in [0.25, 0.3) is 22.5 Å². The van der Waals surface area contributed by atoms with E-state index in [0.717, 1.165) is 16.8 Å². The quantitative estimate of drug-likeness (QED) is 0.160. The number of methoxy groups -OCH3 is 2. The number of rotatable bonds is 8. The lowest BCUT2D eigenvalue weighted by Gasteiger charge is -2.09. The van der Waals surface area contributed by atoms with Gasteiger partial charge in [-0.25, -0.2) is 14.6 Å². The Balaban J connectivity index is 1.30. The lowest BCUT2D eigenvalue weighted by Crippen LogP contribution is -2.08. The van der Waals surface area contributed by atoms with Crippen molar-refractivity contribution >= 4 is 11.9 Å². The van der Waals surface area contributed by atoms with Gasteiger partial charge in [-0.1, -0.05) is 30.3 Å². The number of carbonyl (C=O) groups is 2. The highest BCUT2D eigenvalue weighted by molar-refractivity contribution is 5.92. The van der Waals surface area contributed by atoms with Gasteiger partial charge in [0.25, 0.3) is 0 Å². The summed E-state index contributed by atoms with van der Waals surface area (Å²) in [5.41, 5.74) is 3.88. The molecule has 4 aromatic carbocycles. The number of esters is 2. The summed E-state index contributed by atoms with van der Waals surface area (Å²) < 4.78 is 21.5. The summed E-state index contributed by atoms with van der Waals surface area (Å²) in [7, 11) is 3.09. The van der Waals surface area contributed by atoms with Crippen LogP contribution in [-0.4, -0.2) is 31.1 Å². The van der Waals surface area contributed by atoms with Gasteiger partial charge in [0.1, 0.15) is 23.0 Å². The maximum absolute atomic E-state index is 12.6. The fraction of sp³-hybridized carbons (Fsp3) is 0.0606. The first-order valence-corrected chi connectivity index (χ1v) is 12.4. The highest BCUT2D eigenvalue weighted by Gasteiger charge is 2.12. The van der Waals surface area contributed by atoms with Crippen molar-refractivity contribution in [3.05, 3.63) is 126 Å². The first-order chi connectivity index (χ1) is 19.5. The number of carbonyl (C=O) groups excluding carboxylic acids is 2. The predicted octanol–water partition coefficient (Wildman–Crippen LogP) is 6.87. The maximum Gasteiger partial charge on any atom is 0.343 e. The average molecular weight is 532 g/mol. The number of hydrogen-bond donors (Lipinski definition) is 0. The molecule has 0 N–H and O–H groups in total. The molecule has 0 saturated heterocycles. The van der Waals surface area contributed by atoms with Crippen molar-refractivity contribution < 1.29 is 28.5 Å². The van der Waals surface area contributed by atoms with Crippen molar-refractivity contribution in [1.29, 1.82) is 0 Å². The number of benzene rings is 4.